The lowest BCUT2D eigenvalue weighted by molar-refractivity contribution is 0.231. The average Bonchev–Trinajstić information content (AvgIpc) is 2.58. The second-order valence-electron chi connectivity index (χ2n) is 5.93. The standard InChI is InChI=1S/C14H27NO2S2/c1-2-18-14-5-3-4-8-15(12-14)11-13-6-9-19(16,17)10-7-13/h13-14H,2-12H2,1H3/t14-/m0/s1. The fraction of sp³-hybridized carbons (Fsp3) is 1.00. The van der Waals surface area contributed by atoms with Crippen LogP contribution < -0.4 is 0 Å². The van der Waals surface area contributed by atoms with Crippen LogP contribution in [0.4, 0.5) is 0 Å². The molecule has 2 fully saturated rings. The van der Waals surface area contributed by atoms with Crippen molar-refractivity contribution >= 4 is 21.6 Å². The van der Waals surface area contributed by atoms with Crippen LogP contribution in [0.15, 0.2) is 0 Å². The van der Waals surface area contributed by atoms with Gasteiger partial charge in [-0.3, -0.25) is 0 Å². The zero-order valence-corrected chi connectivity index (χ0v) is 13.6. The van der Waals surface area contributed by atoms with Crippen molar-refractivity contribution in [3.05, 3.63) is 0 Å². The summed E-state index contributed by atoms with van der Waals surface area (Å²) in [6.45, 7) is 5.79. The van der Waals surface area contributed by atoms with E-state index < -0.39 is 9.84 Å². The van der Waals surface area contributed by atoms with Gasteiger partial charge in [0.15, 0.2) is 0 Å². The number of hydrogen-bond acceptors (Lipinski definition) is 4. The fourth-order valence-corrected chi connectivity index (χ4v) is 5.91. The summed E-state index contributed by atoms with van der Waals surface area (Å²) in [5.74, 6) is 2.64. The molecule has 0 unspecified atom stereocenters. The molecule has 0 amide bonds. The van der Waals surface area contributed by atoms with Gasteiger partial charge in [0.1, 0.15) is 9.84 Å². The Kier molecular flexibility index (Phi) is 6.03. The number of nitrogens with zero attached hydrogens (tertiary/aromatic N) is 1. The van der Waals surface area contributed by atoms with E-state index in [1.54, 1.807) is 0 Å². The number of thioether (sulfide) groups is 1. The first kappa shape index (κ1) is 15.6. The van der Waals surface area contributed by atoms with Crippen molar-refractivity contribution in [2.75, 3.05) is 36.9 Å². The van der Waals surface area contributed by atoms with Crippen molar-refractivity contribution in [3.8, 4) is 0 Å². The molecule has 112 valence electrons. The maximum Gasteiger partial charge on any atom is 0.150 e. The van der Waals surface area contributed by atoms with Crippen LogP contribution in [0.5, 0.6) is 0 Å². The molecule has 2 aliphatic rings. The summed E-state index contributed by atoms with van der Waals surface area (Å²) < 4.78 is 22.9. The Morgan fingerprint density at radius 1 is 1.16 bits per heavy atom. The lowest BCUT2D eigenvalue weighted by atomic mass is 10.0. The van der Waals surface area contributed by atoms with Crippen LogP contribution in [-0.4, -0.2) is 55.5 Å². The molecule has 0 radical (unpaired) electrons. The molecule has 2 heterocycles. The minimum absolute atomic E-state index is 0.415. The number of rotatable bonds is 4. The van der Waals surface area contributed by atoms with Crippen molar-refractivity contribution in [1.29, 1.82) is 0 Å². The maximum atomic E-state index is 11.5. The quantitative estimate of drug-likeness (QED) is 0.799. The summed E-state index contributed by atoms with van der Waals surface area (Å²) in [5, 5.41) is 0.792. The Bertz CT molecular complexity index is 356. The molecular formula is C14H27NO2S2. The smallest absolute Gasteiger partial charge is 0.150 e. The van der Waals surface area contributed by atoms with Crippen LogP contribution in [0.25, 0.3) is 0 Å². The third-order valence-corrected chi connectivity index (χ3v) is 7.21. The molecular weight excluding hydrogens is 278 g/mol. The Hall–Kier alpha value is 0.260. The van der Waals surface area contributed by atoms with Gasteiger partial charge in [-0.05, 0) is 43.9 Å². The van der Waals surface area contributed by atoms with Crippen molar-refractivity contribution in [1.82, 2.24) is 4.90 Å². The van der Waals surface area contributed by atoms with E-state index in [4.69, 9.17) is 0 Å². The summed E-state index contributed by atoms with van der Waals surface area (Å²) >= 11 is 2.09. The van der Waals surface area contributed by atoms with Crippen molar-refractivity contribution in [3.63, 3.8) is 0 Å². The van der Waals surface area contributed by atoms with Gasteiger partial charge in [-0.25, -0.2) is 8.42 Å². The molecule has 0 aromatic heterocycles. The maximum absolute atomic E-state index is 11.5. The second kappa shape index (κ2) is 7.32. The topological polar surface area (TPSA) is 37.4 Å². The fourth-order valence-electron chi connectivity index (χ4n) is 3.20. The van der Waals surface area contributed by atoms with Crippen LogP contribution in [0, 0.1) is 5.92 Å². The van der Waals surface area contributed by atoms with Gasteiger partial charge in [-0.2, -0.15) is 11.8 Å². The average molecular weight is 306 g/mol. The predicted octanol–water partition coefficient (Wildman–Crippen LogP) is 2.42. The Labute approximate surface area is 122 Å². The monoisotopic (exact) mass is 305 g/mol. The summed E-state index contributed by atoms with van der Waals surface area (Å²) in [4.78, 5) is 2.60. The highest BCUT2D eigenvalue weighted by molar-refractivity contribution is 7.99. The highest BCUT2D eigenvalue weighted by Gasteiger charge is 2.26. The predicted molar refractivity (Wildman–Crippen MR) is 83.6 cm³/mol. The first-order valence-corrected chi connectivity index (χ1v) is 10.5. The van der Waals surface area contributed by atoms with E-state index in [0.717, 1.165) is 24.6 Å². The lowest BCUT2D eigenvalue weighted by Gasteiger charge is -2.30. The van der Waals surface area contributed by atoms with Crippen LogP contribution in [-0.2, 0) is 9.84 Å². The van der Waals surface area contributed by atoms with E-state index >= 15 is 0 Å². The van der Waals surface area contributed by atoms with E-state index in [0.29, 0.717) is 17.4 Å². The highest BCUT2D eigenvalue weighted by Crippen LogP contribution is 2.25. The largest absolute Gasteiger partial charge is 0.302 e. The number of likely N-dealkylation sites (tertiary alicyclic amines) is 1. The van der Waals surface area contributed by atoms with Gasteiger partial charge in [-0.1, -0.05) is 13.3 Å². The van der Waals surface area contributed by atoms with E-state index in [1.807, 2.05) is 0 Å². The van der Waals surface area contributed by atoms with Crippen molar-refractivity contribution in [2.45, 2.75) is 44.3 Å². The molecule has 0 aromatic carbocycles. The summed E-state index contributed by atoms with van der Waals surface area (Å²) in [7, 11) is -2.71. The molecule has 0 spiro atoms. The highest BCUT2D eigenvalue weighted by atomic mass is 32.2. The van der Waals surface area contributed by atoms with Crippen molar-refractivity contribution in [2.24, 2.45) is 5.92 Å². The minimum Gasteiger partial charge on any atom is -0.302 e. The number of hydrogen-bond donors (Lipinski definition) is 0. The van der Waals surface area contributed by atoms with Gasteiger partial charge in [0, 0.05) is 18.3 Å². The molecule has 3 nitrogen and oxygen atoms in total. The van der Waals surface area contributed by atoms with Gasteiger partial charge in [-0.15, -0.1) is 0 Å². The van der Waals surface area contributed by atoms with E-state index in [9.17, 15) is 8.42 Å². The van der Waals surface area contributed by atoms with Crippen molar-refractivity contribution < 1.29 is 8.42 Å². The SMILES string of the molecule is CCS[C@H]1CCCCN(CC2CCS(=O)(=O)CC2)C1. The zero-order chi connectivity index (χ0) is 13.7. The molecule has 19 heavy (non-hydrogen) atoms. The molecule has 0 aromatic rings. The Morgan fingerprint density at radius 3 is 2.58 bits per heavy atom. The van der Waals surface area contributed by atoms with Crippen LogP contribution in [0.1, 0.15) is 39.0 Å². The van der Waals surface area contributed by atoms with Crippen LogP contribution >= 0.6 is 11.8 Å². The second-order valence-corrected chi connectivity index (χ2v) is 9.81. The van der Waals surface area contributed by atoms with E-state index in [1.165, 1.54) is 38.1 Å². The number of sulfone groups is 1. The third-order valence-electron chi connectivity index (χ3n) is 4.31. The summed E-state index contributed by atoms with van der Waals surface area (Å²) in [6.07, 6.45) is 5.78. The van der Waals surface area contributed by atoms with Gasteiger partial charge in [0.2, 0.25) is 0 Å². The van der Waals surface area contributed by atoms with Gasteiger partial charge < -0.3 is 4.90 Å². The molecule has 0 saturated carbocycles. The van der Waals surface area contributed by atoms with Gasteiger partial charge in [0.05, 0.1) is 11.5 Å². The van der Waals surface area contributed by atoms with Crippen LogP contribution in [0.3, 0.4) is 0 Å². The molecule has 2 saturated heterocycles. The van der Waals surface area contributed by atoms with E-state index in [-0.39, 0.29) is 0 Å². The summed E-state index contributed by atoms with van der Waals surface area (Å²) in [6, 6.07) is 0. The Balaban J connectivity index is 1.80. The molecule has 5 heteroatoms. The molecule has 2 rings (SSSR count). The van der Waals surface area contributed by atoms with Gasteiger partial charge >= 0.3 is 0 Å². The van der Waals surface area contributed by atoms with Crippen LogP contribution in [0.2, 0.25) is 0 Å². The minimum atomic E-state index is -2.71. The normalized spacial score (nSPS) is 30.1. The molecule has 0 aliphatic carbocycles. The third kappa shape index (κ3) is 5.27. The molecule has 2 aliphatic heterocycles. The summed E-state index contributed by atoms with van der Waals surface area (Å²) in [5.41, 5.74) is 0. The Morgan fingerprint density at radius 2 is 1.89 bits per heavy atom. The molecule has 0 N–H and O–H groups in total. The first-order valence-electron chi connectivity index (χ1n) is 7.63. The lowest BCUT2D eigenvalue weighted by Crippen LogP contribution is -2.37. The first-order chi connectivity index (χ1) is 9.09. The zero-order valence-electron chi connectivity index (χ0n) is 12.0. The molecule has 1 atom stereocenters. The molecule has 0 bridgehead atoms. The van der Waals surface area contributed by atoms with Gasteiger partial charge in [0.25, 0.3) is 0 Å². The van der Waals surface area contributed by atoms with E-state index in [2.05, 4.69) is 23.6 Å².